The summed E-state index contributed by atoms with van der Waals surface area (Å²) in [6, 6.07) is 5.35. The van der Waals surface area contributed by atoms with E-state index in [0.29, 0.717) is 11.4 Å². The highest BCUT2D eigenvalue weighted by atomic mass is 32.2. The van der Waals surface area contributed by atoms with E-state index in [0.717, 1.165) is 31.0 Å². The molecule has 1 atom stereocenters. The van der Waals surface area contributed by atoms with Crippen LogP contribution in [0.5, 0.6) is 0 Å². The van der Waals surface area contributed by atoms with Crippen LogP contribution >= 0.6 is 11.8 Å². The Morgan fingerprint density at radius 2 is 1.78 bits per heavy atom. The second-order valence-electron chi connectivity index (χ2n) is 5.51. The molecule has 2 aliphatic rings. The molecule has 5 N–H and O–H groups in total. The van der Waals surface area contributed by atoms with Gasteiger partial charge in [0.15, 0.2) is 0 Å². The number of thioether (sulfide) groups is 1. The van der Waals surface area contributed by atoms with Crippen LogP contribution in [0.25, 0.3) is 0 Å². The summed E-state index contributed by atoms with van der Waals surface area (Å²) in [5.41, 5.74) is 7.33. The highest BCUT2D eigenvalue weighted by molar-refractivity contribution is 8.17. The SMILES string of the molecule is NC1C(=O)SC(N2CCCC2)=C1Nc1ccc(S(N)(=O)=O)cc1. The van der Waals surface area contributed by atoms with E-state index < -0.39 is 16.1 Å². The van der Waals surface area contributed by atoms with Crippen molar-refractivity contribution in [3.8, 4) is 0 Å². The van der Waals surface area contributed by atoms with Crippen LogP contribution in [0.1, 0.15) is 12.8 Å². The molecule has 0 spiro atoms. The fraction of sp³-hybridized carbons (Fsp3) is 0.357. The van der Waals surface area contributed by atoms with Crippen LogP contribution in [0.15, 0.2) is 39.9 Å². The number of nitrogens with zero attached hydrogens (tertiary/aromatic N) is 1. The molecule has 9 heteroatoms. The van der Waals surface area contributed by atoms with Gasteiger partial charge in [0.25, 0.3) is 0 Å². The molecule has 7 nitrogen and oxygen atoms in total. The number of anilines is 1. The van der Waals surface area contributed by atoms with Crippen molar-refractivity contribution in [2.45, 2.75) is 23.8 Å². The van der Waals surface area contributed by atoms with E-state index in [1.165, 1.54) is 23.9 Å². The topological polar surface area (TPSA) is 119 Å². The van der Waals surface area contributed by atoms with E-state index in [4.69, 9.17) is 10.9 Å². The number of primary sulfonamides is 1. The molecule has 0 radical (unpaired) electrons. The zero-order chi connectivity index (χ0) is 16.6. The van der Waals surface area contributed by atoms with Gasteiger partial charge in [0.2, 0.25) is 15.1 Å². The lowest BCUT2D eigenvalue weighted by Crippen LogP contribution is -2.31. The Balaban J connectivity index is 1.86. The van der Waals surface area contributed by atoms with E-state index in [1.54, 1.807) is 12.1 Å². The van der Waals surface area contributed by atoms with Crippen LogP contribution in [0, 0.1) is 0 Å². The van der Waals surface area contributed by atoms with Crippen molar-refractivity contribution >= 4 is 32.6 Å². The molecule has 2 heterocycles. The zero-order valence-corrected chi connectivity index (χ0v) is 14.0. The number of benzene rings is 1. The van der Waals surface area contributed by atoms with Gasteiger partial charge in [-0.3, -0.25) is 4.79 Å². The molecule has 0 aliphatic carbocycles. The summed E-state index contributed by atoms with van der Waals surface area (Å²) in [5, 5.41) is 9.03. The van der Waals surface area contributed by atoms with Gasteiger partial charge in [0.1, 0.15) is 11.1 Å². The Labute approximate surface area is 139 Å². The molecule has 1 saturated heterocycles. The maximum Gasteiger partial charge on any atom is 0.238 e. The van der Waals surface area contributed by atoms with Crippen molar-refractivity contribution in [1.82, 2.24) is 4.90 Å². The number of carbonyl (C=O) groups excluding carboxylic acids is 1. The Hall–Kier alpha value is -1.55. The normalized spacial score (nSPS) is 22.1. The maximum absolute atomic E-state index is 12.0. The van der Waals surface area contributed by atoms with E-state index in [9.17, 15) is 13.2 Å². The van der Waals surface area contributed by atoms with E-state index >= 15 is 0 Å². The lowest BCUT2D eigenvalue weighted by Gasteiger charge is -2.20. The van der Waals surface area contributed by atoms with Gasteiger partial charge in [-0.15, -0.1) is 0 Å². The Morgan fingerprint density at radius 1 is 1.17 bits per heavy atom. The first-order valence-electron chi connectivity index (χ1n) is 7.22. The third kappa shape index (κ3) is 3.37. The number of hydrogen-bond donors (Lipinski definition) is 3. The number of rotatable bonds is 4. The molecule has 1 aromatic carbocycles. The minimum Gasteiger partial charge on any atom is -0.365 e. The Kier molecular flexibility index (Phi) is 4.37. The summed E-state index contributed by atoms with van der Waals surface area (Å²) < 4.78 is 22.6. The van der Waals surface area contributed by atoms with E-state index in [-0.39, 0.29) is 10.0 Å². The summed E-state index contributed by atoms with van der Waals surface area (Å²) >= 11 is 1.17. The number of nitrogens with two attached hydrogens (primary N) is 2. The maximum atomic E-state index is 12.0. The van der Waals surface area contributed by atoms with Gasteiger partial charge in [-0.05, 0) is 48.9 Å². The van der Waals surface area contributed by atoms with Crippen LogP contribution in [-0.2, 0) is 14.8 Å². The van der Waals surface area contributed by atoms with Gasteiger partial charge in [-0.2, -0.15) is 0 Å². The molecule has 1 fully saturated rings. The molecule has 124 valence electrons. The predicted molar refractivity (Wildman–Crippen MR) is 89.8 cm³/mol. The highest BCUT2D eigenvalue weighted by Crippen LogP contribution is 2.37. The number of nitrogens with one attached hydrogen (secondary N) is 1. The molecule has 1 aromatic rings. The number of likely N-dealkylation sites (tertiary alicyclic amines) is 1. The number of sulfonamides is 1. The molecule has 0 bridgehead atoms. The second kappa shape index (κ2) is 6.16. The first kappa shape index (κ1) is 16.3. The fourth-order valence-electron chi connectivity index (χ4n) is 2.63. The van der Waals surface area contributed by atoms with Crippen LogP contribution in [0.3, 0.4) is 0 Å². The van der Waals surface area contributed by atoms with Crippen molar-refractivity contribution in [1.29, 1.82) is 0 Å². The second-order valence-corrected chi connectivity index (χ2v) is 8.06. The van der Waals surface area contributed by atoms with Crippen molar-refractivity contribution < 1.29 is 13.2 Å². The lowest BCUT2D eigenvalue weighted by atomic mass is 10.2. The summed E-state index contributed by atoms with van der Waals surface area (Å²) in [6.45, 7) is 1.83. The van der Waals surface area contributed by atoms with Crippen molar-refractivity contribution in [3.05, 3.63) is 35.0 Å². The van der Waals surface area contributed by atoms with Crippen LogP contribution in [0.2, 0.25) is 0 Å². The summed E-state index contributed by atoms with van der Waals surface area (Å²) in [6.07, 6.45) is 2.20. The third-order valence-electron chi connectivity index (χ3n) is 3.85. The summed E-state index contributed by atoms with van der Waals surface area (Å²) in [5.74, 6) is 0. The van der Waals surface area contributed by atoms with Gasteiger partial charge < -0.3 is 16.0 Å². The first-order chi connectivity index (χ1) is 10.9. The van der Waals surface area contributed by atoms with Crippen molar-refractivity contribution in [2.75, 3.05) is 18.4 Å². The van der Waals surface area contributed by atoms with Crippen molar-refractivity contribution in [2.24, 2.45) is 10.9 Å². The summed E-state index contributed by atoms with van der Waals surface area (Å²) in [7, 11) is -3.72. The summed E-state index contributed by atoms with van der Waals surface area (Å²) in [4.78, 5) is 14.2. The largest absolute Gasteiger partial charge is 0.365 e. The number of carbonyl (C=O) groups is 1. The van der Waals surface area contributed by atoms with Crippen LogP contribution in [-0.4, -0.2) is 37.6 Å². The molecule has 1 unspecified atom stereocenters. The molecule has 23 heavy (non-hydrogen) atoms. The molecular weight excluding hydrogens is 336 g/mol. The highest BCUT2D eigenvalue weighted by Gasteiger charge is 2.35. The molecule has 2 aliphatic heterocycles. The molecule has 3 rings (SSSR count). The Bertz CT molecular complexity index is 753. The van der Waals surface area contributed by atoms with E-state index in [2.05, 4.69) is 10.2 Å². The third-order valence-corrected chi connectivity index (χ3v) is 5.90. The smallest absolute Gasteiger partial charge is 0.238 e. The first-order valence-corrected chi connectivity index (χ1v) is 9.59. The zero-order valence-electron chi connectivity index (χ0n) is 12.4. The van der Waals surface area contributed by atoms with Gasteiger partial charge in [0.05, 0.1) is 10.6 Å². The van der Waals surface area contributed by atoms with E-state index in [1.807, 2.05) is 0 Å². The van der Waals surface area contributed by atoms with Gasteiger partial charge >= 0.3 is 0 Å². The fourth-order valence-corrected chi connectivity index (χ4v) is 4.18. The average molecular weight is 354 g/mol. The van der Waals surface area contributed by atoms with Gasteiger partial charge in [-0.1, -0.05) is 0 Å². The van der Waals surface area contributed by atoms with Crippen molar-refractivity contribution in [3.63, 3.8) is 0 Å². The molecule has 0 aromatic heterocycles. The quantitative estimate of drug-likeness (QED) is 0.725. The molecule has 0 saturated carbocycles. The van der Waals surface area contributed by atoms with Crippen LogP contribution < -0.4 is 16.2 Å². The molecule has 0 amide bonds. The van der Waals surface area contributed by atoms with Gasteiger partial charge in [-0.25, -0.2) is 13.6 Å². The minimum atomic E-state index is -3.72. The predicted octanol–water partition coefficient (Wildman–Crippen LogP) is 0.612. The van der Waals surface area contributed by atoms with Gasteiger partial charge in [0, 0.05) is 18.8 Å². The number of hydrogen-bond acceptors (Lipinski definition) is 7. The average Bonchev–Trinajstić information content (AvgIpc) is 3.11. The standard InChI is InChI=1S/C14H18N4O3S2/c15-11-12(13(22-14(11)19)18-7-1-2-8-18)17-9-3-5-10(6-4-9)23(16,20)21/h3-6,11,17H,1-2,7-8,15H2,(H2,16,20,21). The monoisotopic (exact) mass is 354 g/mol. The van der Waals surface area contributed by atoms with Crippen LogP contribution in [0.4, 0.5) is 5.69 Å². The Morgan fingerprint density at radius 3 is 2.35 bits per heavy atom. The lowest BCUT2D eigenvalue weighted by molar-refractivity contribution is -0.111. The minimum absolute atomic E-state index is 0.0398. The molecular formula is C14H18N4O3S2.